The van der Waals surface area contributed by atoms with Crippen molar-refractivity contribution in [2.45, 2.75) is 13.3 Å². The quantitative estimate of drug-likeness (QED) is 0.804. The third kappa shape index (κ3) is 4.02. The van der Waals surface area contributed by atoms with Crippen molar-refractivity contribution >= 4 is 40.5 Å². The van der Waals surface area contributed by atoms with Crippen molar-refractivity contribution in [3.63, 3.8) is 0 Å². The molecule has 1 aliphatic rings. The van der Waals surface area contributed by atoms with E-state index < -0.39 is 0 Å². The van der Waals surface area contributed by atoms with Crippen LogP contribution in [-0.2, 0) is 0 Å². The maximum Gasteiger partial charge on any atom is 0.255 e. The molecule has 0 bridgehead atoms. The number of halogens is 2. The van der Waals surface area contributed by atoms with Crippen molar-refractivity contribution in [3.05, 3.63) is 52.0 Å². The lowest BCUT2D eigenvalue weighted by atomic mass is 10.2. The number of hydrogen-bond donors (Lipinski definition) is 1. The fourth-order valence-electron chi connectivity index (χ4n) is 3.01. The van der Waals surface area contributed by atoms with Gasteiger partial charge in [0.25, 0.3) is 5.91 Å². The third-order valence-corrected chi connectivity index (χ3v) is 4.94. The molecule has 25 heavy (non-hydrogen) atoms. The number of hydrogen-bond acceptors (Lipinski definition) is 3. The van der Waals surface area contributed by atoms with Crippen LogP contribution in [0.4, 0.5) is 11.4 Å². The molecule has 4 nitrogen and oxygen atoms in total. The van der Waals surface area contributed by atoms with Crippen molar-refractivity contribution in [2.75, 3.05) is 30.4 Å². The van der Waals surface area contributed by atoms with Gasteiger partial charge in [-0.3, -0.25) is 4.79 Å². The molecule has 1 unspecified atom stereocenters. The Hall–Kier alpha value is -1.91. The van der Waals surface area contributed by atoms with E-state index in [-0.39, 0.29) is 5.91 Å². The first kappa shape index (κ1) is 17.9. The Labute approximate surface area is 157 Å². The number of carbonyl (C=O) groups excluding carboxylic acids is 1. The molecule has 6 heteroatoms. The maximum absolute atomic E-state index is 12.4. The molecule has 0 radical (unpaired) electrons. The van der Waals surface area contributed by atoms with Gasteiger partial charge in [-0.05, 0) is 48.7 Å². The molecule has 0 saturated carbocycles. The standard InChI is InChI=1S/C19H20Cl2N2O2/c1-12-7-8-23(11-12)15-5-3-14(4-6-15)22-19(24)13-9-16(20)18(25-2)17(21)10-13/h3-6,9-10,12H,7-8,11H2,1-2H3,(H,22,24). The number of nitrogens with one attached hydrogen (secondary N) is 1. The van der Waals surface area contributed by atoms with Gasteiger partial charge >= 0.3 is 0 Å². The fourth-order valence-corrected chi connectivity index (χ4v) is 3.66. The molecule has 1 fully saturated rings. The summed E-state index contributed by atoms with van der Waals surface area (Å²) in [6, 6.07) is 11.0. The Morgan fingerprint density at radius 3 is 2.36 bits per heavy atom. The second-order valence-corrected chi connectivity index (χ2v) is 7.13. The van der Waals surface area contributed by atoms with Gasteiger partial charge in [-0.1, -0.05) is 30.1 Å². The fraction of sp³-hybridized carbons (Fsp3) is 0.316. The van der Waals surface area contributed by atoms with Gasteiger partial charge in [-0.2, -0.15) is 0 Å². The molecule has 1 aliphatic heterocycles. The minimum Gasteiger partial charge on any atom is -0.494 e. The monoisotopic (exact) mass is 378 g/mol. The Kier molecular flexibility index (Phi) is 5.40. The summed E-state index contributed by atoms with van der Waals surface area (Å²) in [5.74, 6) is 0.821. The van der Waals surface area contributed by atoms with Gasteiger partial charge in [-0.15, -0.1) is 0 Å². The van der Waals surface area contributed by atoms with E-state index in [0.29, 0.717) is 21.4 Å². The van der Waals surface area contributed by atoms with Gasteiger partial charge in [0.15, 0.2) is 5.75 Å². The minimum absolute atomic E-state index is 0.269. The largest absolute Gasteiger partial charge is 0.494 e. The summed E-state index contributed by atoms with van der Waals surface area (Å²) in [6.07, 6.45) is 1.22. The lowest BCUT2D eigenvalue weighted by molar-refractivity contribution is 0.102. The number of anilines is 2. The summed E-state index contributed by atoms with van der Waals surface area (Å²) in [7, 11) is 1.48. The van der Waals surface area contributed by atoms with E-state index in [1.807, 2.05) is 24.3 Å². The highest BCUT2D eigenvalue weighted by Crippen LogP contribution is 2.34. The Morgan fingerprint density at radius 1 is 1.20 bits per heavy atom. The Bertz CT molecular complexity index is 754. The van der Waals surface area contributed by atoms with Crippen molar-refractivity contribution in [3.8, 4) is 5.75 Å². The zero-order valence-corrected chi connectivity index (χ0v) is 15.7. The minimum atomic E-state index is -0.269. The topological polar surface area (TPSA) is 41.6 Å². The van der Waals surface area contributed by atoms with Crippen LogP contribution in [0.2, 0.25) is 10.0 Å². The molecule has 0 aliphatic carbocycles. The zero-order valence-electron chi connectivity index (χ0n) is 14.2. The van der Waals surface area contributed by atoms with Crippen LogP contribution in [0.15, 0.2) is 36.4 Å². The average molecular weight is 379 g/mol. The second-order valence-electron chi connectivity index (χ2n) is 6.31. The van der Waals surface area contributed by atoms with Crippen LogP contribution in [0.5, 0.6) is 5.75 Å². The second kappa shape index (κ2) is 7.54. The summed E-state index contributed by atoms with van der Waals surface area (Å²) in [5, 5.41) is 3.47. The van der Waals surface area contributed by atoms with Crippen LogP contribution >= 0.6 is 23.2 Å². The molecule has 132 valence electrons. The highest BCUT2D eigenvalue weighted by atomic mass is 35.5. The van der Waals surface area contributed by atoms with Gasteiger partial charge < -0.3 is 15.0 Å². The number of amides is 1. The third-order valence-electron chi connectivity index (χ3n) is 4.38. The molecule has 3 rings (SSSR count). The molecule has 2 aromatic carbocycles. The lowest BCUT2D eigenvalue weighted by Crippen LogP contribution is -2.19. The Morgan fingerprint density at radius 2 is 1.84 bits per heavy atom. The molecule has 2 aromatic rings. The van der Waals surface area contributed by atoms with Gasteiger partial charge in [0, 0.05) is 30.0 Å². The summed E-state index contributed by atoms with van der Waals surface area (Å²) < 4.78 is 5.10. The molecule has 0 aromatic heterocycles. The van der Waals surface area contributed by atoms with Gasteiger partial charge in [-0.25, -0.2) is 0 Å². The predicted octanol–water partition coefficient (Wildman–Crippen LogP) is 5.10. The highest BCUT2D eigenvalue weighted by molar-refractivity contribution is 6.37. The smallest absolute Gasteiger partial charge is 0.255 e. The van der Waals surface area contributed by atoms with Crippen molar-refractivity contribution in [2.24, 2.45) is 5.92 Å². The first-order valence-electron chi connectivity index (χ1n) is 8.17. The number of benzene rings is 2. The Balaban J connectivity index is 1.71. The van der Waals surface area contributed by atoms with Crippen LogP contribution in [-0.4, -0.2) is 26.1 Å². The van der Waals surface area contributed by atoms with E-state index in [1.165, 1.54) is 19.2 Å². The van der Waals surface area contributed by atoms with Gasteiger partial charge in [0.1, 0.15) is 0 Å². The van der Waals surface area contributed by atoms with Crippen LogP contribution in [0.25, 0.3) is 0 Å². The van der Waals surface area contributed by atoms with Crippen molar-refractivity contribution in [1.82, 2.24) is 0 Å². The molecular formula is C19H20Cl2N2O2. The number of rotatable bonds is 4. The van der Waals surface area contributed by atoms with Crippen LogP contribution in [0.3, 0.4) is 0 Å². The lowest BCUT2D eigenvalue weighted by Gasteiger charge is -2.18. The molecule has 1 N–H and O–H groups in total. The number of methoxy groups -OCH3 is 1. The van der Waals surface area contributed by atoms with E-state index in [4.69, 9.17) is 27.9 Å². The van der Waals surface area contributed by atoms with E-state index in [2.05, 4.69) is 17.1 Å². The molecule has 1 atom stereocenters. The van der Waals surface area contributed by atoms with Crippen LogP contribution in [0.1, 0.15) is 23.7 Å². The van der Waals surface area contributed by atoms with Crippen molar-refractivity contribution < 1.29 is 9.53 Å². The predicted molar refractivity (Wildman–Crippen MR) is 103 cm³/mol. The van der Waals surface area contributed by atoms with E-state index in [0.717, 1.165) is 24.7 Å². The van der Waals surface area contributed by atoms with E-state index >= 15 is 0 Å². The van der Waals surface area contributed by atoms with Crippen LogP contribution < -0.4 is 15.0 Å². The van der Waals surface area contributed by atoms with E-state index in [9.17, 15) is 4.79 Å². The summed E-state index contributed by atoms with van der Waals surface area (Å²) in [4.78, 5) is 14.8. The summed E-state index contributed by atoms with van der Waals surface area (Å²) in [5.41, 5.74) is 2.29. The molecular weight excluding hydrogens is 359 g/mol. The number of ether oxygens (including phenoxy) is 1. The van der Waals surface area contributed by atoms with Gasteiger partial charge in [0.2, 0.25) is 0 Å². The zero-order chi connectivity index (χ0) is 18.0. The molecule has 1 heterocycles. The maximum atomic E-state index is 12.4. The number of carbonyl (C=O) groups is 1. The summed E-state index contributed by atoms with van der Waals surface area (Å²) in [6.45, 7) is 4.42. The molecule has 1 saturated heterocycles. The number of nitrogens with zero attached hydrogens (tertiary/aromatic N) is 1. The highest BCUT2D eigenvalue weighted by Gasteiger charge is 2.19. The van der Waals surface area contributed by atoms with E-state index in [1.54, 1.807) is 12.1 Å². The molecule has 0 spiro atoms. The summed E-state index contributed by atoms with van der Waals surface area (Å²) >= 11 is 12.2. The molecule has 1 amide bonds. The van der Waals surface area contributed by atoms with Crippen molar-refractivity contribution in [1.29, 1.82) is 0 Å². The first-order valence-corrected chi connectivity index (χ1v) is 8.93. The van der Waals surface area contributed by atoms with Crippen LogP contribution in [0, 0.1) is 5.92 Å². The first-order chi connectivity index (χ1) is 12.0. The average Bonchev–Trinajstić information content (AvgIpc) is 3.01. The SMILES string of the molecule is COc1c(Cl)cc(C(=O)Nc2ccc(N3CCC(C)C3)cc2)cc1Cl. The van der Waals surface area contributed by atoms with Gasteiger partial charge in [0.05, 0.1) is 17.2 Å². The normalized spacial score (nSPS) is 16.8.